The number of alkyl halides is 3. The van der Waals surface area contributed by atoms with Crippen LogP contribution in [-0.2, 0) is 11.0 Å². The van der Waals surface area contributed by atoms with E-state index < -0.39 is 41.2 Å². The average molecular weight is 407 g/mol. The van der Waals surface area contributed by atoms with E-state index in [1.807, 2.05) is 0 Å². The molecule has 29 heavy (non-hydrogen) atoms. The van der Waals surface area contributed by atoms with Crippen LogP contribution in [0.4, 0.5) is 23.2 Å². The lowest BCUT2D eigenvalue weighted by Crippen LogP contribution is -2.45. The zero-order valence-electron chi connectivity index (χ0n) is 14.8. The number of anilines is 1. The summed E-state index contributed by atoms with van der Waals surface area (Å²) in [6.45, 7) is 0.406. The lowest BCUT2D eigenvalue weighted by molar-refractivity contribution is -0.138. The highest BCUT2D eigenvalue weighted by Gasteiger charge is 2.35. The molecule has 0 aromatic heterocycles. The van der Waals surface area contributed by atoms with E-state index in [4.69, 9.17) is 15.3 Å². The minimum Gasteiger partial charge on any atom is -0.490 e. The number of nitrogens with zero attached hydrogens (tertiary/aromatic N) is 2. The van der Waals surface area contributed by atoms with Crippen LogP contribution in [0.15, 0.2) is 36.4 Å². The Labute approximate surface area is 162 Å². The maximum atomic E-state index is 13.6. The van der Waals surface area contributed by atoms with Gasteiger partial charge in [0.25, 0.3) is 5.91 Å². The van der Waals surface area contributed by atoms with Crippen molar-refractivity contribution in [2.24, 2.45) is 0 Å². The second-order valence-electron chi connectivity index (χ2n) is 6.14. The number of ether oxygens (including phenoxy) is 1. The Balaban J connectivity index is 2.12. The first-order valence-electron chi connectivity index (χ1n) is 7.95. The van der Waals surface area contributed by atoms with Gasteiger partial charge < -0.3 is 15.2 Å². The van der Waals surface area contributed by atoms with Gasteiger partial charge in [-0.15, -0.1) is 0 Å². The van der Waals surface area contributed by atoms with E-state index in [0.717, 1.165) is 31.2 Å². The highest BCUT2D eigenvalue weighted by molar-refractivity contribution is 5.97. The predicted octanol–water partition coefficient (Wildman–Crippen LogP) is 3.36. The molecule has 0 saturated carbocycles. The molecule has 1 atom stereocenters. The van der Waals surface area contributed by atoms with Crippen molar-refractivity contribution in [3.8, 4) is 17.9 Å². The lowest BCUT2D eigenvalue weighted by atomic mass is 10.1. The number of aliphatic hydroxyl groups is 1. The predicted molar refractivity (Wildman–Crippen MR) is 92.0 cm³/mol. The van der Waals surface area contributed by atoms with Gasteiger partial charge in [-0.2, -0.15) is 23.7 Å². The SMILES string of the molecule is CC(O)(COc1ccc(C#N)c(F)c1)C(=O)Nc1ccc(C#N)c(C(F)(F)F)c1. The smallest absolute Gasteiger partial charge is 0.417 e. The normalized spacial score (nSPS) is 13.0. The molecular weight excluding hydrogens is 394 g/mol. The third-order valence-electron chi connectivity index (χ3n) is 3.77. The summed E-state index contributed by atoms with van der Waals surface area (Å²) in [6, 6.07) is 8.87. The summed E-state index contributed by atoms with van der Waals surface area (Å²) in [6.07, 6.45) is -4.81. The van der Waals surface area contributed by atoms with Crippen LogP contribution >= 0.6 is 0 Å². The number of hydrogen-bond donors (Lipinski definition) is 2. The molecule has 0 bridgehead atoms. The van der Waals surface area contributed by atoms with Crippen molar-refractivity contribution < 1.29 is 32.2 Å². The van der Waals surface area contributed by atoms with Crippen LogP contribution < -0.4 is 10.1 Å². The molecule has 0 heterocycles. The van der Waals surface area contributed by atoms with Crippen molar-refractivity contribution >= 4 is 11.6 Å². The Hall–Kier alpha value is -3.63. The second kappa shape index (κ2) is 8.17. The van der Waals surface area contributed by atoms with Crippen LogP contribution in [0.25, 0.3) is 0 Å². The molecule has 0 radical (unpaired) electrons. The van der Waals surface area contributed by atoms with Crippen LogP contribution in [0, 0.1) is 28.5 Å². The summed E-state index contributed by atoms with van der Waals surface area (Å²) < 4.78 is 57.7. The van der Waals surface area contributed by atoms with Gasteiger partial charge in [-0.1, -0.05) is 0 Å². The highest BCUT2D eigenvalue weighted by atomic mass is 19.4. The van der Waals surface area contributed by atoms with E-state index in [1.165, 1.54) is 12.1 Å². The fourth-order valence-electron chi connectivity index (χ4n) is 2.19. The molecule has 0 spiro atoms. The van der Waals surface area contributed by atoms with Crippen molar-refractivity contribution in [1.29, 1.82) is 10.5 Å². The van der Waals surface area contributed by atoms with Crippen molar-refractivity contribution in [3.63, 3.8) is 0 Å². The molecule has 0 aliphatic heterocycles. The van der Waals surface area contributed by atoms with Gasteiger partial charge in [0.2, 0.25) is 0 Å². The van der Waals surface area contributed by atoms with Crippen LogP contribution in [0.3, 0.4) is 0 Å². The summed E-state index contributed by atoms with van der Waals surface area (Å²) in [4.78, 5) is 12.2. The second-order valence-corrected chi connectivity index (χ2v) is 6.14. The highest BCUT2D eigenvalue weighted by Crippen LogP contribution is 2.33. The van der Waals surface area contributed by atoms with Gasteiger partial charge in [-0.25, -0.2) is 4.39 Å². The summed E-state index contributed by atoms with van der Waals surface area (Å²) >= 11 is 0. The van der Waals surface area contributed by atoms with Gasteiger partial charge >= 0.3 is 6.18 Å². The average Bonchev–Trinajstić information content (AvgIpc) is 2.65. The number of nitriles is 2. The molecule has 1 amide bonds. The van der Waals surface area contributed by atoms with E-state index >= 15 is 0 Å². The van der Waals surface area contributed by atoms with E-state index in [1.54, 1.807) is 6.07 Å². The molecule has 6 nitrogen and oxygen atoms in total. The maximum Gasteiger partial charge on any atom is 0.417 e. The molecule has 0 saturated heterocycles. The Morgan fingerprint density at radius 2 is 1.76 bits per heavy atom. The Bertz CT molecular complexity index is 1020. The minimum atomic E-state index is -4.81. The van der Waals surface area contributed by atoms with E-state index in [2.05, 4.69) is 5.32 Å². The molecule has 0 aliphatic carbocycles. The molecular formula is C19H13F4N3O3. The first kappa shape index (κ1) is 21.7. The van der Waals surface area contributed by atoms with Gasteiger partial charge in [0.1, 0.15) is 24.2 Å². The van der Waals surface area contributed by atoms with Crippen LogP contribution in [0.2, 0.25) is 0 Å². The third-order valence-corrected chi connectivity index (χ3v) is 3.77. The van der Waals surface area contributed by atoms with E-state index in [9.17, 15) is 27.5 Å². The van der Waals surface area contributed by atoms with Gasteiger partial charge in [-0.3, -0.25) is 4.79 Å². The molecule has 0 aliphatic rings. The zero-order valence-corrected chi connectivity index (χ0v) is 14.8. The summed E-state index contributed by atoms with van der Waals surface area (Å²) in [5.74, 6) is -2.00. The summed E-state index contributed by atoms with van der Waals surface area (Å²) in [5.41, 5.74) is -4.54. The Kier molecular flexibility index (Phi) is 6.10. The molecule has 1 unspecified atom stereocenters. The van der Waals surface area contributed by atoms with E-state index in [0.29, 0.717) is 6.07 Å². The first-order chi connectivity index (χ1) is 13.5. The Morgan fingerprint density at radius 3 is 2.31 bits per heavy atom. The standard InChI is InChI=1S/C19H13F4N3O3/c1-18(28,10-29-14-5-3-12(9-25)16(20)7-14)17(27)26-13-4-2-11(8-24)15(6-13)19(21,22)23/h2-7,28H,10H2,1H3,(H,26,27). The number of halogens is 4. The molecule has 2 rings (SSSR count). The first-order valence-corrected chi connectivity index (χ1v) is 7.95. The topological polar surface area (TPSA) is 106 Å². The fourth-order valence-corrected chi connectivity index (χ4v) is 2.19. The zero-order chi connectivity index (χ0) is 21.8. The third kappa shape index (κ3) is 5.21. The quantitative estimate of drug-likeness (QED) is 0.740. The summed E-state index contributed by atoms with van der Waals surface area (Å²) in [5, 5.41) is 29.8. The van der Waals surface area contributed by atoms with Crippen molar-refractivity contribution in [2.75, 3.05) is 11.9 Å². The van der Waals surface area contributed by atoms with Gasteiger partial charge in [-0.05, 0) is 37.3 Å². The summed E-state index contributed by atoms with van der Waals surface area (Å²) in [7, 11) is 0. The van der Waals surface area contributed by atoms with Crippen molar-refractivity contribution in [1.82, 2.24) is 0 Å². The largest absolute Gasteiger partial charge is 0.490 e. The number of carbonyl (C=O) groups excluding carboxylic acids is 1. The fraction of sp³-hybridized carbons (Fsp3) is 0.211. The minimum absolute atomic E-state index is 0.0627. The molecule has 2 aromatic carbocycles. The number of amides is 1. The Morgan fingerprint density at radius 1 is 1.14 bits per heavy atom. The van der Waals surface area contributed by atoms with Gasteiger partial charge in [0.05, 0.1) is 22.8 Å². The van der Waals surface area contributed by atoms with Crippen LogP contribution in [0.5, 0.6) is 5.75 Å². The molecule has 150 valence electrons. The van der Waals surface area contributed by atoms with Crippen LogP contribution in [0.1, 0.15) is 23.6 Å². The molecule has 2 aromatic rings. The molecule has 10 heteroatoms. The number of rotatable bonds is 5. The number of nitrogens with one attached hydrogen (secondary N) is 1. The number of hydrogen-bond acceptors (Lipinski definition) is 5. The van der Waals surface area contributed by atoms with Crippen molar-refractivity contribution in [2.45, 2.75) is 18.7 Å². The molecule has 0 fully saturated rings. The maximum absolute atomic E-state index is 13.6. The number of carbonyl (C=O) groups is 1. The number of benzene rings is 2. The molecule has 2 N–H and O–H groups in total. The monoisotopic (exact) mass is 407 g/mol. The van der Waals surface area contributed by atoms with E-state index in [-0.39, 0.29) is 17.0 Å². The van der Waals surface area contributed by atoms with Crippen molar-refractivity contribution in [3.05, 3.63) is 58.9 Å². The van der Waals surface area contributed by atoms with Gasteiger partial charge in [0.15, 0.2) is 5.60 Å². The van der Waals surface area contributed by atoms with Crippen LogP contribution in [-0.4, -0.2) is 23.2 Å². The lowest BCUT2D eigenvalue weighted by Gasteiger charge is -2.23. The van der Waals surface area contributed by atoms with Gasteiger partial charge in [0, 0.05) is 11.8 Å².